The molecule has 0 aliphatic rings. The lowest BCUT2D eigenvalue weighted by Crippen LogP contribution is -2.44. The molecule has 0 fully saturated rings. The average Bonchev–Trinajstić information content (AvgIpc) is 2.40. The summed E-state index contributed by atoms with van der Waals surface area (Å²) in [7, 11) is 0. The summed E-state index contributed by atoms with van der Waals surface area (Å²) in [5, 5.41) is 6.86. The zero-order valence-corrected chi connectivity index (χ0v) is 13.1. The van der Waals surface area contributed by atoms with Gasteiger partial charge in [-0.3, -0.25) is 9.98 Å². The zero-order valence-electron chi connectivity index (χ0n) is 11.5. The van der Waals surface area contributed by atoms with Gasteiger partial charge in [0.25, 0.3) is 0 Å². The van der Waals surface area contributed by atoms with Gasteiger partial charge in [0.05, 0.1) is 10.7 Å². The summed E-state index contributed by atoms with van der Waals surface area (Å²) in [4.78, 5) is 8.61. The minimum atomic E-state index is 0.198. The number of unbranched alkanes of at least 4 members (excludes halogenated alkanes) is 1. The molecule has 1 aromatic heterocycles. The maximum absolute atomic E-state index is 6.05. The van der Waals surface area contributed by atoms with Gasteiger partial charge < -0.3 is 16.4 Å². The molecule has 1 rings (SSSR count). The summed E-state index contributed by atoms with van der Waals surface area (Å²) in [6.07, 6.45) is 4.54. The van der Waals surface area contributed by atoms with Crippen molar-refractivity contribution in [3.63, 3.8) is 0 Å². The Morgan fingerprint density at radius 2 is 2.35 bits per heavy atom. The van der Waals surface area contributed by atoms with E-state index in [0.717, 1.165) is 25.1 Å². The van der Waals surface area contributed by atoms with Gasteiger partial charge >= 0.3 is 0 Å². The van der Waals surface area contributed by atoms with Crippen LogP contribution in [0.1, 0.15) is 25.5 Å². The molecule has 0 aliphatic carbocycles. The molecular formula is C13H20ClN5S. The molecule has 4 N–H and O–H groups in total. The van der Waals surface area contributed by atoms with Crippen LogP contribution in [0.5, 0.6) is 0 Å². The van der Waals surface area contributed by atoms with Crippen molar-refractivity contribution in [2.45, 2.75) is 26.2 Å². The Hall–Kier alpha value is -1.40. The van der Waals surface area contributed by atoms with Crippen LogP contribution in [-0.4, -0.2) is 29.1 Å². The van der Waals surface area contributed by atoms with Crippen LogP contribution in [0.15, 0.2) is 23.3 Å². The number of thiocarbonyl (C=S) groups is 1. The van der Waals surface area contributed by atoms with Crippen LogP contribution < -0.4 is 16.4 Å². The fourth-order valence-electron chi connectivity index (χ4n) is 1.51. The van der Waals surface area contributed by atoms with Gasteiger partial charge in [0.2, 0.25) is 0 Å². The maximum Gasteiger partial charge on any atom is 0.197 e. The highest BCUT2D eigenvalue weighted by molar-refractivity contribution is 7.80. The third kappa shape index (κ3) is 6.68. The van der Waals surface area contributed by atoms with Crippen molar-refractivity contribution >= 4 is 34.9 Å². The van der Waals surface area contributed by atoms with Crippen LogP contribution in [-0.2, 0) is 6.42 Å². The number of nitrogens with zero attached hydrogens (tertiary/aromatic N) is 2. The highest BCUT2D eigenvalue weighted by Crippen LogP contribution is 2.11. The van der Waals surface area contributed by atoms with Gasteiger partial charge in [-0.1, -0.05) is 24.9 Å². The predicted molar refractivity (Wildman–Crippen MR) is 88.1 cm³/mol. The van der Waals surface area contributed by atoms with Gasteiger partial charge in [-0.2, -0.15) is 0 Å². The number of pyridine rings is 1. The van der Waals surface area contributed by atoms with E-state index in [1.54, 1.807) is 6.20 Å². The van der Waals surface area contributed by atoms with E-state index in [0.29, 0.717) is 23.9 Å². The monoisotopic (exact) mass is 313 g/mol. The SMILES string of the molecule is CCCCN=C(NCCc1ncccc1Cl)NC(N)=S. The summed E-state index contributed by atoms with van der Waals surface area (Å²) in [5.74, 6) is 0.595. The molecule has 110 valence electrons. The molecule has 1 heterocycles. The second-order valence-electron chi connectivity index (χ2n) is 4.18. The van der Waals surface area contributed by atoms with E-state index in [9.17, 15) is 0 Å². The predicted octanol–water partition coefficient (Wildman–Crippen LogP) is 1.86. The van der Waals surface area contributed by atoms with Crippen LogP contribution in [0, 0.1) is 0 Å². The molecule has 0 unspecified atom stereocenters. The molecule has 0 atom stereocenters. The summed E-state index contributed by atoms with van der Waals surface area (Å²) in [6.45, 7) is 3.50. The van der Waals surface area contributed by atoms with Crippen molar-refractivity contribution < 1.29 is 0 Å². The molecule has 0 amide bonds. The van der Waals surface area contributed by atoms with Crippen molar-refractivity contribution in [3.05, 3.63) is 29.0 Å². The van der Waals surface area contributed by atoms with E-state index in [1.165, 1.54) is 0 Å². The molecule has 0 aromatic carbocycles. The Kier molecular flexibility index (Phi) is 7.91. The first kappa shape index (κ1) is 16.7. The van der Waals surface area contributed by atoms with Crippen LogP contribution in [0.3, 0.4) is 0 Å². The fraction of sp³-hybridized carbons (Fsp3) is 0.462. The van der Waals surface area contributed by atoms with Gasteiger partial charge in [0.1, 0.15) is 0 Å². The molecule has 5 nitrogen and oxygen atoms in total. The molecule has 1 aromatic rings. The van der Waals surface area contributed by atoms with E-state index in [1.807, 2.05) is 12.1 Å². The molecule has 20 heavy (non-hydrogen) atoms. The van der Waals surface area contributed by atoms with E-state index in [4.69, 9.17) is 29.6 Å². The van der Waals surface area contributed by atoms with Crippen molar-refractivity contribution in [3.8, 4) is 0 Å². The minimum Gasteiger partial charge on any atom is -0.376 e. The largest absolute Gasteiger partial charge is 0.376 e. The number of guanidine groups is 1. The van der Waals surface area contributed by atoms with Gasteiger partial charge in [0.15, 0.2) is 11.1 Å². The number of rotatable bonds is 6. The quantitative estimate of drug-likeness (QED) is 0.323. The number of hydrogen-bond acceptors (Lipinski definition) is 3. The number of hydrogen-bond donors (Lipinski definition) is 3. The average molecular weight is 314 g/mol. The van der Waals surface area contributed by atoms with Gasteiger partial charge in [-0.15, -0.1) is 0 Å². The van der Waals surface area contributed by atoms with Gasteiger partial charge in [0, 0.05) is 25.7 Å². The first-order valence-corrected chi connectivity index (χ1v) is 7.36. The summed E-state index contributed by atoms with van der Waals surface area (Å²) >= 11 is 10.9. The van der Waals surface area contributed by atoms with E-state index in [-0.39, 0.29) is 5.11 Å². The highest BCUT2D eigenvalue weighted by Gasteiger charge is 2.03. The first-order chi connectivity index (χ1) is 9.63. The minimum absolute atomic E-state index is 0.198. The van der Waals surface area contributed by atoms with Crippen LogP contribution in [0.4, 0.5) is 0 Å². The molecule has 0 bridgehead atoms. The number of nitrogens with one attached hydrogen (secondary N) is 2. The third-order valence-electron chi connectivity index (χ3n) is 2.51. The topological polar surface area (TPSA) is 75.3 Å². The normalized spacial score (nSPS) is 11.2. The number of aromatic nitrogens is 1. The van der Waals surface area contributed by atoms with Crippen molar-refractivity contribution in [2.75, 3.05) is 13.1 Å². The Morgan fingerprint density at radius 3 is 3.00 bits per heavy atom. The molecule has 0 saturated carbocycles. The molecule has 0 aliphatic heterocycles. The second kappa shape index (κ2) is 9.50. The maximum atomic E-state index is 6.05. The molecule has 7 heteroatoms. The van der Waals surface area contributed by atoms with Gasteiger partial charge in [-0.25, -0.2) is 0 Å². The lowest BCUT2D eigenvalue weighted by atomic mass is 10.3. The Morgan fingerprint density at radius 1 is 1.55 bits per heavy atom. The van der Waals surface area contributed by atoms with Crippen molar-refractivity contribution in [2.24, 2.45) is 10.7 Å². The summed E-state index contributed by atoms with van der Waals surface area (Å²) in [6, 6.07) is 3.64. The van der Waals surface area contributed by atoms with Crippen molar-refractivity contribution in [1.82, 2.24) is 15.6 Å². The van der Waals surface area contributed by atoms with Gasteiger partial charge in [-0.05, 0) is 30.8 Å². The fourth-order valence-corrected chi connectivity index (χ4v) is 1.82. The number of halogens is 1. The smallest absolute Gasteiger partial charge is 0.197 e. The Bertz CT molecular complexity index is 464. The lowest BCUT2D eigenvalue weighted by molar-refractivity contribution is 0.781. The third-order valence-corrected chi connectivity index (χ3v) is 2.96. The standard InChI is InChI=1S/C13H20ClN5S/c1-2-3-7-17-13(19-12(15)20)18-9-6-11-10(14)5-4-8-16-11/h4-5,8H,2-3,6-7,9H2,1H3,(H4,15,17,18,19,20). The van der Waals surface area contributed by atoms with Crippen molar-refractivity contribution in [1.29, 1.82) is 0 Å². The molecule has 0 saturated heterocycles. The van der Waals surface area contributed by atoms with Crippen LogP contribution in [0.25, 0.3) is 0 Å². The Labute approximate surface area is 130 Å². The summed E-state index contributed by atoms with van der Waals surface area (Å²) < 4.78 is 0. The van der Waals surface area contributed by atoms with Crippen LogP contribution in [0.2, 0.25) is 5.02 Å². The Balaban J connectivity index is 2.47. The number of nitrogens with two attached hydrogens (primary N) is 1. The molecule has 0 radical (unpaired) electrons. The lowest BCUT2D eigenvalue weighted by Gasteiger charge is -2.11. The molecule has 0 spiro atoms. The summed E-state index contributed by atoms with van der Waals surface area (Å²) in [5.41, 5.74) is 6.32. The van der Waals surface area contributed by atoms with Crippen LogP contribution >= 0.6 is 23.8 Å². The highest BCUT2D eigenvalue weighted by atomic mass is 35.5. The second-order valence-corrected chi connectivity index (χ2v) is 5.03. The first-order valence-electron chi connectivity index (χ1n) is 6.57. The van der Waals surface area contributed by atoms with E-state index < -0.39 is 0 Å². The number of aliphatic imine (C=N–C) groups is 1. The van der Waals surface area contributed by atoms with E-state index >= 15 is 0 Å². The zero-order chi connectivity index (χ0) is 14.8. The van der Waals surface area contributed by atoms with E-state index in [2.05, 4.69) is 27.5 Å². The molecular weight excluding hydrogens is 294 g/mol.